The van der Waals surface area contributed by atoms with Gasteiger partial charge in [0.05, 0.1) is 5.56 Å². The summed E-state index contributed by atoms with van der Waals surface area (Å²) in [7, 11) is 1.74. The third-order valence-corrected chi connectivity index (χ3v) is 4.81. The second-order valence-corrected chi connectivity index (χ2v) is 6.79. The Morgan fingerprint density at radius 3 is 2.59 bits per heavy atom. The first-order valence-electron chi connectivity index (χ1n) is 9.36. The first-order valence-corrected chi connectivity index (χ1v) is 9.36. The highest BCUT2D eigenvalue weighted by Crippen LogP contribution is 2.32. The summed E-state index contributed by atoms with van der Waals surface area (Å²) in [4.78, 5) is 30.4. The number of cyclic esters (lactones) is 1. The molecule has 29 heavy (non-hydrogen) atoms. The third-order valence-electron chi connectivity index (χ3n) is 4.81. The lowest BCUT2D eigenvalue weighted by atomic mass is 10.0. The van der Waals surface area contributed by atoms with E-state index in [2.05, 4.69) is 4.98 Å². The van der Waals surface area contributed by atoms with Crippen LogP contribution in [0.1, 0.15) is 38.8 Å². The number of amides is 1. The van der Waals surface area contributed by atoms with Crippen LogP contribution < -0.4 is 4.74 Å². The fourth-order valence-corrected chi connectivity index (χ4v) is 3.26. The SMILES string of the molecule is CN(CCC1OC(=O)c2ccccc21)C(=O)c1ccc(Oc2ccccn2)cc1. The lowest BCUT2D eigenvalue weighted by molar-refractivity contribution is 0.0349. The molecule has 2 aromatic carbocycles. The van der Waals surface area contributed by atoms with Gasteiger partial charge in [0.25, 0.3) is 5.91 Å². The average Bonchev–Trinajstić information content (AvgIpc) is 3.09. The monoisotopic (exact) mass is 388 g/mol. The van der Waals surface area contributed by atoms with Gasteiger partial charge >= 0.3 is 5.97 Å². The zero-order valence-corrected chi connectivity index (χ0v) is 15.9. The Balaban J connectivity index is 1.35. The van der Waals surface area contributed by atoms with E-state index in [1.54, 1.807) is 54.5 Å². The highest BCUT2D eigenvalue weighted by Gasteiger charge is 2.30. The van der Waals surface area contributed by atoms with Crippen molar-refractivity contribution in [2.24, 2.45) is 0 Å². The van der Waals surface area contributed by atoms with Crippen molar-refractivity contribution in [1.29, 1.82) is 0 Å². The molecule has 1 atom stereocenters. The van der Waals surface area contributed by atoms with E-state index in [4.69, 9.17) is 9.47 Å². The Bertz CT molecular complexity index is 1020. The highest BCUT2D eigenvalue weighted by molar-refractivity contribution is 5.94. The highest BCUT2D eigenvalue weighted by atomic mass is 16.5. The van der Waals surface area contributed by atoms with Crippen LogP contribution in [-0.2, 0) is 4.74 Å². The first kappa shape index (κ1) is 18.7. The fourth-order valence-electron chi connectivity index (χ4n) is 3.26. The van der Waals surface area contributed by atoms with Crippen LogP contribution in [0.3, 0.4) is 0 Å². The van der Waals surface area contributed by atoms with E-state index >= 15 is 0 Å². The molecule has 4 rings (SSSR count). The summed E-state index contributed by atoms with van der Waals surface area (Å²) in [6.45, 7) is 0.470. The van der Waals surface area contributed by atoms with Crippen LogP contribution in [0, 0.1) is 0 Å². The Labute approximate surface area is 168 Å². The van der Waals surface area contributed by atoms with Gasteiger partial charge in [-0.15, -0.1) is 0 Å². The van der Waals surface area contributed by atoms with Gasteiger partial charge in [0, 0.05) is 43.4 Å². The van der Waals surface area contributed by atoms with E-state index in [1.165, 1.54) is 0 Å². The molecule has 0 aliphatic carbocycles. The normalized spacial score (nSPS) is 14.8. The van der Waals surface area contributed by atoms with Crippen LogP contribution in [-0.4, -0.2) is 35.4 Å². The van der Waals surface area contributed by atoms with Crippen LogP contribution >= 0.6 is 0 Å². The van der Waals surface area contributed by atoms with Gasteiger partial charge in [0.2, 0.25) is 5.88 Å². The summed E-state index contributed by atoms with van der Waals surface area (Å²) in [6, 6.07) is 19.7. The number of rotatable bonds is 6. The lowest BCUT2D eigenvalue weighted by Crippen LogP contribution is -2.28. The van der Waals surface area contributed by atoms with Crippen molar-refractivity contribution < 1.29 is 19.1 Å². The first-order chi connectivity index (χ1) is 14.1. The lowest BCUT2D eigenvalue weighted by Gasteiger charge is -2.19. The molecular weight excluding hydrogens is 368 g/mol. The predicted octanol–water partition coefficient (Wildman–Crippen LogP) is 4.25. The number of benzene rings is 2. The van der Waals surface area contributed by atoms with Gasteiger partial charge in [-0.2, -0.15) is 0 Å². The zero-order chi connectivity index (χ0) is 20.2. The second kappa shape index (κ2) is 8.14. The van der Waals surface area contributed by atoms with Crippen molar-refractivity contribution in [1.82, 2.24) is 9.88 Å². The fraction of sp³-hybridized carbons (Fsp3) is 0.174. The van der Waals surface area contributed by atoms with Crippen LogP contribution in [0.25, 0.3) is 0 Å². The van der Waals surface area contributed by atoms with Crippen molar-refractivity contribution >= 4 is 11.9 Å². The molecule has 0 spiro atoms. The number of carbonyl (C=O) groups excluding carboxylic acids is 2. The minimum atomic E-state index is -0.317. The molecule has 3 aromatic rings. The molecule has 2 heterocycles. The minimum Gasteiger partial charge on any atom is -0.454 e. The molecule has 0 N–H and O–H groups in total. The number of ether oxygens (including phenoxy) is 2. The molecule has 6 heteroatoms. The number of esters is 1. The van der Waals surface area contributed by atoms with Gasteiger partial charge in [0.1, 0.15) is 11.9 Å². The van der Waals surface area contributed by atoms with Gasteiger partial charge in [-0.1, -0.05) is 24.3 Å². The summed E-state index contributed by atoms with van der Waals surface area (Å²) in [5, 5.41) is 0. The zero-order valence-electron chi connectivity index (χ0n) is 15.9. The molecule has 0 radical (unpaired) electrons. The van der Waals surface area contributed by atoms with Crippen molar-refractivity contribution in [3.05, 3.63) is 89.6 Å². The van der Waals surface area contributed by atoms with Gasteiger partial charge in [-0.05, 0) is 36.4 Å². The molecule has 0 saturated carbocycles. The van der Waals surface area contributed by atoms with Crippen LogP contribution in [0.5, 0.6) is 11.6 Å². The number of hydrogen-bond acceptors (Lipinski definition) is 5. The van der Waals surface area contributed by atoms with E-state index in [9.17, 15) is 9.59 Å². The van der Waals surface area contributed by atoms with Crippen molar-refractivity contribution in [3.8, 4) is 11.6 Å². The molecule has 0 saturated heterocycles. The van der Waals surface area contributed by atoms with Crippen molar-refractivity contribution in [3.63, 3.8) is 0 Å². The topological polar surface area (TPSA) is 68.7 Å². The van der Waals surface area contributed by atoms with Gasteiger partial charge in [-0.25, -0.2) is 9.78 Å². The number of fused-ring (bicyclic) bond motifs is 1. The Kier molecular flexibility index (Phi) is 5.24. The number of pyridine rings is 1. The second-order valence-electron chi connectivity index (χ2n) is 6.79. The summed E-state index contributed by atoms with van der Waals surface area (Å²) in [5.74, 6) is 0.697. The molecule has 0 bridgehead atoms. The molecule has 1 aromatic heterocycles. The summed E-state index contributed by atoms with van der Waals surface area (Å²) in [5.41, 5.74) is 2.05. The van der Waals surface area contributed by atoms with Gasteiger partial charge in [-0.3, -0.25) is 4.79 Å². The molecule has 1 aliphatic rings. The number of carbonyl (C=O) groups is 2. The van der Waals surface area contributed by atoms with Gasteiger partial charge in [0.15, 0.2) is 0 Å². The molecule has 146 valence electrons. The number of hydrogen-bond donors (Lipinski definition) is 0. The van der Waals surface area contributed by atoms with Crippen LogP contribution in [0.4, 0.5) is 0 Å². The van der Waals surface area contributed by atoms with Crippen LogP contribution in [0.2, 0.25) is 0 Å². The van der Waals surface area contributed by atoms with E-state index in [-0.39, 0.29) is 18.0 Å². The molecular formula is C23H20N2O4. The molecule has 6 nitrogen and oxygen atoms in total. The van der Waals surface area contributed by atoms with Crippen molar-refractivity contribution in [2.75, 3.05) is 13.6 Å². The standard InChI is InChI=1S/C23H20N2O4/c1-25(15-13-20-18-6-2-3-7-19(18)23(27)29-20)22(26)16-9-11-17(12-10-16)28-21-8-4-5-14-24-21/h2-12,14,20H,13,15H2,1H3. The molecule has 1 unspecified atom stereocenters. The maximum absolute atomic E-state index is 12.7. The Morgan fingerprint density at radius 2 is 1.83 bits per heavy atom. The minimum absolute atomic E-state index is 0.105. The largest absolute Gasteiger partial charge is 0.454 e. The van der Waals surface area contributed by atoms with E-state index in [1.807, 2.05) is 30.3 Å². The number of nitrogens with zero attached hydrogens (tertiary/aromatic N) is 2. The summed E-state index contributed by atoms with van der Waals surface area (Å²) >= 11 is 0. The maximum atomic E-state index is 12.7. The molecule has 0 fully saturated rings. The summed E-state index contributed by atoms with van der Waals surface area (Å²) in [6.07, 6.45) is 1.89. The smallest absolute Gasteiger partial charge is 0.339 e. The number of aromatic nitrogens is 1. The van der Waals surface area contributed by atoms with Crippen LogP contribution in [0.15, 0.2) is 72.9 Å². The van der Waals surface area contributed by atoms with E-state index < -0.39 is 0 Å². The third kappa shape index (κ3) is 4.11. The Morgan fingerprint density at radius 1 is 1.07 bits per heavy atom. The average molecular weight is 388 g/mol. The van der Waals surface area contributed by atoms with E-state index in [0.29, 0.717) is 35.7 Å². The van der Waals surface area contributed by atoms with E-state index in [0.717, 1.165) is 5.56 Å². The Hall–Kier alpha value is -3.67. The molecule has 1 amide bonds. The van der Waals surface area contributed by atoms with Gasteiger partial charge < -0.3 is 14.4 Å². The predicted molar refractivity (Wildman–Crippen MR) is 107 cm³/mol. The molecule has 1 aliphatic heterocycles. The maximum Gasteiger partial charge on any atom is 0.339 e. The summed E-state index contributed by atoms with van der Waals surface area (Å²) < 4.78 is 11.1. The van der Waals surface area contributed by atoms with Crippen molar-refractivity contribution in [2.45, 2.75) is 12.5 Å². The quantitative estimate of drug-likeness (QED) is 0.591.